The first-order chi connectivity index (χ1) is 2.39. The second kappa shape index (κ2) is 5.16. The van der Waals surface area contributed by atoms with Gasteiger partial charge in [0.25, 0.3) is 0 Å². The van der Waals surface area contributed by atoms with Gasteiger partial charge in [-0.3, -0.25) is 0 Å². The number of alkyl halides is 1. The molecule has 46 valence electrons. The molecule has 0 aromatic heterocycles. The van der Waals surface area contributed by atoms with E-state index in [1.54, 1.807) is 0 Å². The third-order valence-corrected chi connectivity index (χ3v) is 1.38. The third kappa shape index (κ3) is 3.59. The van der Waals surface area contributed by atoms with Crippen molar-refractivity contribution in [2.24, 2.45) is 0 Å². The third-order valence-electron chi connectivity index (χ3n) is 0.732. The van der Waals surface area contributed by atoms with Gasteiger partial charge in [0.15, 0.2) is 0 Å². The Labute approximate surface area is 64.2 Å². The smallest absolute Gasteiger partial charge is 0.0395 e. The molecule has 0 amide bonds. The summed E-state index contributed by atoms with van der Waals surface area (Å²) >= 11 is 3.40. The quantitative estimate of drug-likeness (QED) is 0.591. The number of halogens is 3. The number of nitrogens with one attached hydrogen (secondary N) is 1. The Morgan fingerprint density at radius 2 is 1.57 bits per heavy atom. The van der Waals surface area contributed by atoms with E-state index in [1.165, 1.54) is 0 Å². The molecule has 0 aromatic rings. The maximum Gasteiger partial charge on any atom is 0.0395 e. The van der Waals surface area contributed by atoms with Crippen LogP contribution in [-0.4, -0.2) is 17.9 Å². The Bertz CT molecular complexity index is 39.9. The fourth-order valence-corrected chi connectivity index (χ4v) is 0.711. The minimum absolute atomic E-state index is 0. The van der Waals surface area contributed by atoms with Crippen molar-refractivity contribution in [2.75, 3.05) is 13.1 Å². The first kappa shape index (κ1) is 10.9. The van der Waals surface area contributed by atoms with Crippen LogP contribution >= 0.6 is 40.7 Å². The predicted molar refractivity (Wildman–Crippen MR) is 40.1 cm³/mol. The van der Waals surface area contributed by atoms with Crippen LogP contribution in [0.5, 0.6) is 0 Å². The molecule has 1 N–H and O–H groups in total. The summed E-state index contributed by atoms with van der Waals surface area (Å²) in [5.41, 5.74) is 0. The van der Waals surface area contributed by atoms with Gasteiger partial charge in [-0.15, -0.1) is 24.8 Å². The highest BCUT2D eigenvalue weighted by Crippen LogP contribution is 2.01. The molecule has 0 bridgehead atoms. The topological polar surface area (TPSA) is 12.0 Å². The van der Waals surface area contributed by atoms with E-state index in [-0.39, 0.29) is 24.8 Å². The van der Waals surface area contributed by atoms with E-state index in [4.69, 9.17) is 0 Å². The molecule has 1 nitrogen and oxygen atoms in total. The average Bonchev–Trinajstić information content (AvgIpc) is 1.30. The molecule has 0 aliphatic carbocycles. The monoisotopic (exact) mass is 207 g/mol. The summed E-state index contributed by atoms with van der Waals surface area (Å²) in [6, 6.07) is 0. The normalized spacial score (nSPS) is 18.4. The minimum Gasteiger partial charge on any atom is -0.314 e. The molecule has 0 spiro atoms. The maximum absolute atomic E-state index is 3.40. The largest absolute Gasteiger partial charge is 0.314 e. The molecule has 4 heteroatoms. The predicted octanol–water partition coefficient (Wildman–Crippen LogP) is 1.20. The van der Waals surface area contributed by atoms with Crippen molar-refractivity contribution in [3.05, 3.63) is 0 Å². The Morgan fingerprint density at radius 3 is 1.57 bits per heavy atom. The van der Waals surface area contributed by atoms with Crippen LogP contribution in [0.4, 0.5) is 0 Å². The Balaban J connectivity index is 0. The zero-order valence-corrected chi connectivity index (χ0v) is 6.91. The fraction of sp³-hybridized carbons (Fsp3) is 1.00. The molecule has 1 fully saturated rings. The van der Waals surface area contributed by atoms with Crippen LogP contribution in [0.3, 0.4) is 0 Å². The van der Waals surface area contributed by atoms with Crippen LogP contribution in [-0.2, 0) is 0 Å². The molecule has 0 aromatic carbocycles. The van der Waals surface area contributed by atoms with Gasteiger partial charge in [0.05, 0.1) is 0 Å². The summed E-state index contributed by atoms with van der Waals surface area (Å²) in [5.74, 6) is 0. The molecular formula is C3H8BrCl2N. The van der Waals surface area contributed by atoms with Crippen LogP contribution in [0.15, 0.2) is 0 Å². The lowest BCUT2D eigenvalue weighted by Gasteiger charge is -2.19. The van der Waals surface area contributed by atoms with E-state index < -0.39 is 0 Å². The highest BCUT2D eigenvalue weighted by atomic mass is 79.9. The van der Waals surface area contributed by atoms with Crippen molar-refractivity contribution >= 4 is 40.7 Å². The van der Waals surface area contributed by atoms with Gasteiger partial charge in [0, 0.05) is 17.9 Å². The van der Waals surface area contributed by atoms with Crippen LogP contribution in [0, 0.1) is 0 Å². The second-order valence-electron chi connectivity index (χ2n) is 1.26. The lowest BCUT2D eigenvalue weighted by Crippen LogP contribution is -2.42. The molecule has 1 rings (SSSR count). The zero-order chi connectivity index (χ0) is 3.70. The van der Waals surface area contributed by atoms with Gasteiger partial charge in [0.2, 0.25) is 0 Å². The minimum atomic E-state index is 0. The van der Waals surface area contributed by atoms with E-state index in [9.17, 15) is 0 Å². The van der Waals surface area contributed by atoms with Crippen LogP contribution in [0.1, 0.15) is 0 Å². The standard InChI is InChI=1S/C3H6BrN.2ClH/c4-3-1-5-2-3;;/h3,5H,1-2H2;2*1H. The summed E-state index contributed by atoms with van der Waals surface area (Å²) in [4.78, 5) is 0.766. The van der Waals surface area contributed by atoms with Gasteiger partial charge >= 0.3 is 0 Å². The highest BCUT2D eigenvalue weighted by Gasteiger charge is 2.10. The second-order valence-corrected chi connectivity index (χ2v) is 2.55. The molecule has 0 saturated carbocycles. The maximum atomic E-state index is 3.40. The summed E-state index contributed by atoms with van der Waals surface area (Å²) in [6.45, 7) is 2.31. The molecule has 0 unspecified atom stereocenters. The zero-order valence-electron chi connectivity index (χ0n) is 3.69. The van der Waals surface area contributed by atoms with E-state index >= 15 is 0 Å². The summed E-state index contributed by atoms with van der Waals surface area (Å²) in [6.07, 6.45) is 0. The van der Waals surface area contributed by atoms with Crippen molar-refractivity contribution in [3.8, 4) is 0 Å². The van der Waals surface area contributed by atoms with Gasteiger partial charge in [-0.05, 0) is 0 Å². The summed E-state index contributed by atoms with van der Waals surface area (Å²) in [7, 11) is 0. The Kier molecular flexibility index (Phi) is 8.04. The van der Waals surface area contributed by atoms with Gasteiger partial charge in [-0.2, -0.15) is 0 Å². The molecule has 1 aliphatic heterocycles. The van der Waals surface area contributed by atoms with Crippen molar-refractivity contribution in [3.63, 3.8) is 0 Å². The SMILES string of the molecule is BrC1CNC1.Cl.Cl. The number of rotatable bonds is 0. The van der Waals surface area contributed by atoms with Crippen molar-refractivity contribution in [1.82, 2.24) is 5.32 Å². The average molecular weight is 209 g/mol. The molecule has 1 saturated heterocycles. The fourth-order valence-electron chi connectivity index (χ4n) is 0.253. The van der Waals surface area contributed by atoms with Gasteiger partial charge in [-0.1, -0.05) is 15.9 Å². The van der Waals surface area contributed by atoms with Crippen molar-refractivity contribution in [2.45, 2.75) is 4.83 Å². The Hall–Kier alpha value is 1.02. The molecule has 1 heterocycles. The number of hydrogen-bond acceptors (Lipinski definition) is 1. The van der Waals surface area contributed by atoms with E-state index in [1.807, 2.05) is 0 Å². The highest BCUT2D eigenvalue weighted by molar-refractivity contribution is 9.09. The molecule has 0 atom stereocenters. The first-order valence-corrected chi connectivity index (χ1v) is 2.66. The molecule has 1 aliphatic rings. The van der Waals surface area contributed by atoms with Gasteiger partial charge in [0.1, 0.15) is 0 Å². The molecular weight excluding hydrogens is 201 g/mol. The lowest BCUT2D eigenvalue weighted by atomic mass is 10.3. The Morgan fingerprint density at radius 1 is 1.29 bits per heavy atom. The lowest BCUT2D eigenvalue weighted by molar-refractivity contribution is 0.551. The first-order valence-electron chi connectivity index (χ1n) is 1.74. The summed E-state index contributed by atoms with van der Waals surface area (Å²) in [5, 5.41) is 3.11. The van der Waals surface area contributed by atoms with Crippen LogP contribution < -0.4 is 5.32 Å². The molecule has 7 heavy (non-hydrogen) atoms. The molecule has 0 radical (unpaired) electrons. The van der Waals surface area contributed by atoms with Crippen LogP contribution in [0.2, 0.25) is 0 Å². The van der Waals surface area contributed by atoms with Crippen molar-refractivity contribution in [1.29, 1.82) is 0 Å². The van der Waals surface area contributed by atoms with E-state index in [0.29, 0.717) is 0 Å². The van der Waals surface area contributed by atoms with Crippen molar-refractivity contribution < 1.29 is 0 Å². The number of hydrogen-bond donors (Lipinski definition) is 1. The van der Waals surface area contributed by atoms with E-state index in [2.05, 4.69) is 21.2 Å². The van der Waals surface area contributed by atoms with E-state index in [0.717, 1.165) is 17.9 Å². The van der Waals surface area contributed by atoms with Crippen LogP contribution in [0.25, 0.3) is 0 Å². The van der Waals surface area contributed by atoms with Gasteiger partial charge < -0.3 is 5.32 Å². The summed E-state index contributed by atoms with van der Waals surface area (Å²) < 4.78 is 0. The van der Waals surface area contributed by atoms with Gasteiger partial charge in [-0.25, -0.2) is 0 Å².